The van der Waals surface area contributed by atoms with Crippen LogP contribution in [0.1, 0.15) is 42.5 Å². The second-order valence-corrected chi connectivity index (χ2v) is 4.81. The van der Waals surface area contributed by atoms with E-state index in [1.165, 1.54) is 25.7 Å². The Kier molecular flexibility index (Phi) is 5.21. The average Bonchev–Trinajstić information content (AvgIpc) is 2.92. The molecule has 1 N–H and O–H groups in total. The van der Waals surface area contributed by atoms with Crippen molar-refractivity contribution in [2.75, 3.05) is 13.2 Å². The SMILES string of the molecule is O=C(O)c1cccc(OCCCOC2CCCC2)c1. The van der Waals surface area contributed by atoms with Gasteiger partial charge in [0.1, 0.15) is 5.75 Å². The molecule has 0 spiro atoms. The van der Waals surface area contributed by atoms with E-state index in [9.17, 15) is 4.79 Å². The zero-order chi connectivity index (χ0) is 13.5. The molecule has 4 nitrogen and oxygen atoms in total. The minimum atomic E-state index is -0.935. The molecule has 1 saturated carbocycles. The first-order valence-corrected chi connectivity index (χ1v) is 6.83. The van der Waals surface area contributed by atoms with Crippen molar-refractivity contribution < 1.29 is 19.4 Å². The van der Waals surface area contributed by atoms with Gasteiger partial charge in [0.2, 0.25) is 0 Å². The molecule has 1 aromatic rings. The standard InChI is InChI=1S/C15H20O4/c16-15(17)12-5-3-8-14(11-12)19-10-4-9-18-13-6-1-2-7-13/h3,5,8,11,13H,1-2,4,6-7,9-10H2,(H,16,17). The van der Waals surface area contributed by atoms with Crippen LogP contribution in [0.5, 0.6) is 5.75 Å². The van der Waals surface area contributed by atoms with Gasteiger partial charge in [0.25, 0.3) is 0 Å². The summed E-state index contributed by atoms with van der Waals surface area (Å²) in [5.74, 6) is -0.337. The molecule has 1 fully saturated rings. The van der Waals surface area contributed by atoms with Crippen molar-refractivity contribution >= 4 is 5.97 Å². The van der Waals surface area contributed by atoms with Gasteiger partial charge in [-0.2, -0.15) is 0 Å². The first kappa shape index (κ1) is 13.9. The van der Waals surface area contributed by atoms with Gasteiger partial charge in [0.15, 0.2) is 0 Å². The highest BCUT2D eigenvalue weighted by Crippen LogP contribution is 2.21. The number of carboxylic acid groups (broad SMARTS) is 1. The van der Waals surface area contributed by atoms with E-state index < -0.39 is 5.97 Å². The third kappa shape index (κ3) is 4.56. The number of carboxylic acids is 1. The van der Waals surface area contributed by atoms with Gasteiger partial charge in [0.05, 0.1) is 24.9 Å². The summed E-state index contributed by atoms with van der Waals surface area (Å²) in [7, 11) is 0. The van der Waals surface area contributed by atoms with Crippen molar-refractivity contribution in [2.45, 2.75) is 38.2 Å². The molecule has 1 aliphatic carbocycles. The Balaban J connectivity index is 1.64. The van der Waals surface area contributed by atoms with E-state index >= 15 is 0 Å². The third-order valence-electron chi connectivity index (χ3n) is 3.29. The maximum atomic E-state index is 10.8. The molecule has 104 valence electrons. The second-order valence-electron chi connectivity index (χ2n) is 4.81. The predicted octanol–water partition coefficient (Wildman–Crippen LogP) is 3.11. The van der Waals surface area contributed by atoms with Gasteiger partial charge in [-0.25, -0.2) is 4.79 Å². The molecule has 0 aromatic heterocycles. The average molecular weight is 264 g/mol. The molecule has 0 heterocycles. The molecular weight excluding hydrogens is 244 g/mol. The fourth-order valence-electron chi connectivity index (χ4n) is 2.27. The molecule has 0 bridgehead atoms. The fraction of sp³-hybridized carbons (Fsp3) is 0.533. The van der Waals surface area contributed by atoms with Crippen molar-refractivity contribution in [3.05, 3.63) is 29.8 Å². The molecule has 0 saturated heterocycles. The fourth-order valence-corrected chi connectivity index (χ4v) is 2.27. The van der Waals surface area contributed by atoms with Crippen molar-refractivity contribution in [2.24, 2.45) is 0 Å². The van der Waals surface area contributed by atoms with Crippen LogP contribution in [0.25, 0.3) is 0 Å². The number of carbonyl (C=O) groups is 1. The summed E-state index contributed by atoms with van der Waals surface area (Å²) < 4.78 is 11.2. The Labute approximate surface area is 113 Å². The van der Waals surface area contributed by atoms with Crippen LogP contribution in [-0.4, -0.2) is 30.4 Å². The monoisotopic (exact) mass is 264 g/mol. The summed E-state index contributed by atoms with van der Waals surface area (Å²) in [6.07, 6.45) is 6.19. The maximum absolute atomic E-state index is 10.8. The molecule has 0 atom stereocenters. The summed E-state index contributed by atoms with van der Waals surface area (Å²) in [5.41, 5.74) is 0.250. The Morgan fingerprint density at radius 1 is 1.26 bits per heavy atom. The van der Waals surface area contributed by atoms with Crippen molar-refractivity contribution in [1.29, 1.82) is 0 Å². The number of aromatic carboxylic acids is 1. The highest BCUT2D eigenvalue weighted by atomic mass is 16.5. The van der Waals surface area contributed by atoms with Crippen molar-refractivity contribution in [1.82, 2.24) is 0 Å². The minimum Gasteiger partial charge on any atom is -0.493 e. The molecule has 0 aliphatic heterocycles. The molecular formula is C15H20O4. The van der Waals surface area contributed by atoms with Gasteiger partial charge in [-0.05, 0) is 31.0 Å². The van der Waals surface area contributed by atoms with Gasteiger partial charge in [-0.1, -0.05) is 18.9 Å². The van der Waals surface area contributed by atoms with E-state index in [1.54, 1.807) is 24.3 Å². The van der Waals surface area contributed by atoms with Crippen LogP contribution >= 0.6 is 0 Å². The van der Waals surface area contributed by atoms with E-state index in [1.807, 2.05) is 0 Å². The lowest BCUT2D eigenvalue weighted by Crippen LogP contribution is -2.11. The summed E-state index contributed by atoms with van der Waals surface area (Å²) in [6, 6.07) is 6.55. The topological polar surface area (TPSA) is 55.8 Å². The number of hydrogen-bond donors (Lipinski definition) is 1. The first-order valence-electron chi connectivity index (χ1n) is 6.83. The Bertz CT molecular complexity index is 410. The van der Waals surface area contributed by atoms with E-state index in [4.69, 9.17) is 14.6 Å². The predicted molar refractivity (Wildman–Crippen MR) is 71.7 cm³/mol. The van der Waals surface area contributed by atoms with Crippen LogP contribution in [-0.2, 0) is 4.74 Å². The molecule has 1 aromatic carbocycles. The summed E-state index contributed by atoms with van der Waals surface area (Å²) in [5, 5.41) is 8.86. The third-order valence-corrected chi connectivity index (χ3v) is 3.29. The highest BCUT2D eigenvalue weighted by molar-refractivity contribution is 5.87. The number of hydrogen-bond acceptors (Lipinski definition) is 3. The van der Waals surface area contributed by atoms with Crippen molar-refractivity contribution in [3.63, 3.8) is 0 Å². The number of ether oxygens (including phenoxy) is 2. The summed E-state index contributed by atoms with van der Waals surface area (Å²) in [4.78, 5) is 10.8. The number of rotatable bonds is 7. The smallest absolute Gasteiger partial charge is 0.335 e. The van der Waals surface area contributed by atoms with E-state index in [0.717, 1.165) is 6.42 Å². The minimum absolute atomic E-state index is 0.250. The number of benzene rings is 1. The van der Waals surface area contributed by atoms with Crippen LogP contribution in [0.15, 0.2) is 24.3 Å². The van der Waals surface area contributed by atoms with Crippen LogP contribution < -0.4 is 4.74 Å². The van der Waals surface area contributed by atoms with Crippen LogP contribution in [0.4, 0.5) is 0 Å². The Morgan fingerprint density at radius 3 is 2.79 bits per heavy atom. The van der Waals surface area contributed by atoms with E-state index in [0.29, 0.717) is 25.1 Å². The van der Waals surface area contributed by atoms with Gasteiger partial charge >= 0.3 is 5.97 Å². The highest BCUT2D eigenvalue weighted by Gasteiger charge is 2.14. The van der Waals surface area contributed by atoms with Crippen LogP contribution in [0.2, 0.25) is 0 Å². The van der Waals surface area contributed by atoms with Gasteiger partial charge in [-0.3, -0.25) is 0 Å². The molecule has 2 rings (SSSR count). The summed E-state index contributed by atoms with van der Waals surface area (Å²) in [6.45, 7) is 1.26. The molecule has 1 aliphatic rings. The first-order chi connectivity index (χ1) is 9.25. The molecule has 19 heavy (non-hydrogen) atoms. The quantitative estimate of drug-likeness (QED) is 0.769. The zero-order valence-corrected chi connectivity index (χ0v) is 11.0. The lowest BCUT2D eigenvalue weighted by atomic mass is 10.2. The second kappa shape index (κ2) is 7.14. The summed E-state index contributed by atoms with van der Waals surface area (Å²) >= 11 is 0. The largest absolute Gasteiger partial charge is 0.493 e. The lowest BCUT2D eigenvalue weighted by molar-refractivity contribution is 0.0505. The molecule has 0 unspecified atom stereocenters. The van der Waals surface area contributed by atoms with E-state index in [-0.39, 0.29) is 5.56 Å². The van der Waals surface area contributed by atoms with Crippen molar-refractivity contribution in [3.8, 4) is 5.75 Å². The van der Waals surface area contributed by atoms with Crippen LogP contribution in [0.3, 0.4) is 0 Å². The molecule has 0 radical (unpaired) electrons. The van der Waals surface area contributed by atoms with Crippen LogP contribution in [0, 0.1) is 0 Å². The van der Waals surface area contributed by atoms with Gasteiger partial charge < -0.3 is 14.6 Å². The van der Waals surface area contributed by atoms with Gasteiger partial charge in [0, 0.05) is 6.42 Å². The maximum Gasteiger partial charge on any atom is 0.335 e. The molecule has 4 heteroatoms. The van der Waals surface area contributed by atoms with Gasteiger partial charge in [-0.15, -0.1) is 0 Å². The zero-order valence-electron chi connectivity index (χ0n) is 11.0. The van der Waals surface area contributed by atoms with E-state index in [2.05, 4.69) is 0 Å². The Hall–Kier alpha value is -1.55. The Morgan fingerprint density at radius 2 is 2.05 bits per heavy atom. The molecule has 0 amide bonds. The lowest BCUT2D eigenvalue weighted by Gasteiger charge is -2.11. The normalized spacial score (nSPS) is 15.6.